The Morgan fingerprint density at radius 3 is 1.41 bits per heavy atom. The molecule has 0 saturated heterocycles. The molecule has 2 aromatic rings. The van der Waals surface area contributed by atoms with Crippen LogP contribution in [0.2, 0.25) is 0 Å². The Balaban J connectivity index is 0.000000253. The largest absolute Gasteiger partial charge is 0.289 e. The van der Waals surface area contributed by atoms with E-state index in [1.807, 2.05) is 66.0 Å². The summed E-state index contributed by atoms with van der Waals surface area (Å²) in [5.41, 5.74) is 2.48. The molecule has 0 saturated carbocycles. The molecule has 134 valence electrons. The third-order valence-corrected chi connectivity index (χ3v) is 3.99. The lowest BCUT2D eigenvalue weighted by Crippen LogP contribution is -2.24. The summed E-state index contributed by atoms with van der Waals surface area (Å²) in [6.07, 6.45) is 3.79. The normalized spacial score (nSPS) is 15.2. The van der Waals surface area contributed by atoms with E-state index in [1.165, 1.54) is 18.2 Å². The van der Waals surface area contributed by atoms with Crippen LogP contribution in [0, 0.1) is 0 Å². The van der Waals surface area contributed by atoms with Gasteiger partial charge in [0, 0.05) is 29.7 Å². The van der Waals surface area contributed by atoms with Crippen molar-refractivity contribution >= 4 is 23.6 Å². The Morgan fingerprint density at radius 2 is 1.07 bits per heavy atom. The molecule has 6 nitrogen and oxygen atoms in total. The van der Waals surface area contributed by atoms with Gasteiger partial charge in [0.25, 0.3) is 23.6 Å². The van der Waals surface area contributed by atoms with Gasteiger partial charge in [0.05, 0.1) is 0 Å². The minimum absolute atomic E-state index is 0.219. The van der Waals surface area contributed by atoms with Gasteiger partial charge in [0.1, 0.15) is 0 Å². The van der Waals surface area contributed by atoms with Crippen molar-refractivity contribution in [2.45, 2.75) is 5.92 Å². The Hall–Kier alpha value is -3.80. The van der Waals surface area contributed by atoms with Gasteiger partial charge in [-0.25, -0.2) is 0 Å². The van der Waals surface area contributed by atoms with Crippen LogP contribution >= 0.6 is 0 Å². The Labute approximate surface area is 155 Å². The van der Waals surface area contributed by atoms with Crippen molar-refractivity contribution < 1.29 is 19.2 Å². The van der Waals surface area contributed by atoms with Crippen LogP contribution in [-0.4, -0.2) is 23.6 Å². The van der Waals surface area contributed by atoms with Gasteiger partial charge in [-0.15, -0.1) is 0 Å². The Morgan fingerprint density at radius 1 is 0.593 bits per heavy atom. The monoisotopic (exact) mass is 360 g/mol. The number of carbonyl (C=O) groups is 4. The molecule has 0 unspecified atom stereocenters. The number of hydrogen-bond acceptors (Lipinski definition) is 4. The van der Waals surface area contributed by atoms with E-state index in [0.717, 1.165) is 11.1 Å². The van der Waals surface area contributed by atoms with Gasteiger partial charge < -0.3 is 0 Å². The Bertz CT molecular complexity index is 891. The fourth-order valence-corrected chi connectivity index (χ4v) is 2.84. The van der Waals surface area contributed by atoms with Crippen molar-refractivity contribution in [1.29, 1.82) is 0 Å². The molecule has 0 bridgehead atoms. The van der Waals surface area contributed by atoms with Gasteiger partial charge in [-0.05, 0) is 11.1 Å². The van der Waals surface area contributed by atoms with Gasteiger partial charge in [0.2, 0.25) is 0 Å². The van der Waals surface area contributed by atoms with Crippen molar-refractivity contribution in [3.63, 3.8) is 0 Å². The summed E-state index contributed by atoms with van der Waals surface area (Å²) >= 11 is 0. The van der Waals surface area contributed by atoms with Crippen molar-refractivity contribution in [2.24, 2.45) is 0 Å². The number of rotatable bonds is 3. The molecule has 0 fully saturated rings. The van der Waals surface area contributed by atoms with E-state index in [0.29, 0.717) is 5.57 Å². The molecule has 2 N–H and O–H groups in total. The zero-order chi connectivity index (χ0) is 19.2. The van der Waals surface area contributed by atoms with Crippen LogP contribution in [0.25, 0.3) is 0 Å². The molecule has 0 aliphatic carbocycles. The highest BCUT2D eigenvalue weighted by molar-refractivity contribution is 6.17. The van der Waals surface area contributed by atoms with Crippen molar-refractivity contribution in [1.82, 2.24) is 10.6 Å². The van der Waals surface area contributed by atoms with Gasteiger partial charge >= 0.3 is 0 Å². The first kappa shape index (κ1) is 18.0. The van der Waals surface area contributed by atoms with Gasteiger partial charge in [-0.1, -0.05) is 60.7 Å². The second-order valence-corrected chi connectivity index (χ2v) is 5.86. The first-order valence-electron chi connectivity index (χ1n) is 8.24. The maximum Gasteiger partial charge on any atom is 0.255 e. The fourth-order valence-electron chi connectivity index (χ4n) is 2.84. The second kappa shape index (κ2) is 8.05. The summed E-state index contributed by atoms with van der Waals surface area (Å²) in [5.74, 6) is -1.53. The van der Waals surface area contributed by atoms with E-state index < -0.39 is 0 Å². The molecule has 6 heteroatoms. The Kier molecular flexibility index (Phi) is 5.37. The molecular formula is C21H16N2O4. The fraction of sp³-hybridized carbons (Fsp3) is 0.0476. The molecule has 0 radical (unpaired) electrons. The summed E-state index contributed by atoms with van der Waals surface area (Å²) in [6.45, 7) is 0. The molecule has 27 heavy (non-hydrogen) atoms. The summed E-state index contributed by atoms with van der Waals surface area (Å²) in [6, 6.07) is 19.5. The summed E-state index contributed by atoms with van der Waals surface area (Å²) in [4.78, 5) is 43.5. The number of amides is 4. The van der Waals surface area contributed by atoms with Gasteiger partial charge in [-0.2, -0.15) is 0 Å². The van der Waals surface area contributed by atoms with Crippen LogP contribution in [0.1, 0.15) is 17.0 Å². The number of imide groups is 2. The lowest BCUT2D eigenvalue weighted by atomic mass is 9.85. The molecule has 2 aliphatic heterocycles. The van der Waals surface area contributed by atoms with Crippen LogP contribution in [0.15, 0.2) is 84.5 Å². The summed E-state index contributed by atoms with van der Waals surface area (Å²) < 4.78 is 0. The minimum atomic E-state index is -0.345. The summed E-state index contributed by atoms with van der Waals surface area (Å²) in [7, 11) is 0. The number of carbonyl (C=O) groups excluding carboxylic acids is 4. The molecule has 4 amide bonds. The molecule has 0 spiro atoms. The smallest absolute Gasteiger partial charge is 0.255 e. The van der Waals surface area contributed by atoms with E-state index in [2.05, 4.69) is 5.32 Å². The molecule has 4 rings (SSSR count). The first-order chi connectivity index (χ1) is 13.0. The highest BCUT2D eigenvalue weighted by Crippen LogP contribution is 2.33. The van der Waals surface area contributed by atoms with E-state index in [4.69, 9.17) is 0 Å². The minimum Gasteiger partial charge on any atom is -0.289 e. The molecule has 2 aliphatic rings. The average Bonchev–Trinajstić information content (AvgIpc) is 3.21. The zero-order valence-electron chi connectivity index (χ0n) is 14.2. The standard InChI is InChI=1S/C17H13NO2.C4H3NO2/c19-15-11-14(17(20)18-15)16(12-7-3-1-4-8-12)13-9-5-2-6-10-13;6-3-1-2-4(7)5-3/h1-11,16H,(H,18,19,20);1-2H,(H,5,6,7). The molecular weight excluding hydrogens is 344 g/mol. The predicted molar refractivity (Wildman–Crippen MR) is 98.2 cm³/mol. The van der Waals surface area contributed by atoms with Crippen molar-refractivity contribution in [3.05, 3.63) is 95.6 Å². The molecule has 2 aromatic carbocycles. The van der Waals surface area contributed by atoms with Crippen molar-refractivity contribution in [2.75, 3.05) is 0 Å². The average molecular weight is 360 g/mol. The summed E-state index contributed by atoms with van der Waals surface area (Å²) in [5, 5.41) is 4.34. The van der Waals surface area contributed by atoms with Crippen LogP contribution in [0.3, 0.4) is 0 Å². The highest BCUT2D eigenvalue weighted by atomic mass is 16.2. The quantitative estimate of drug-likeness (QED) is 0.813. The lowest BCUT2D eigenvalue weighted by Gasteiger charge is -2.18. The highest BCUT2D eigenvalue weighted by Gasteiger charge is 2.30. The predicted octanol–water partition coefficient (Wildman–Crippen LogP) is 1.60. The van der Waals surface area contributed by atoms with E-state index in [-0.39, 0.29) is 29.5 Å². The SMILES string of the molecule is O=C1C=C(C(c2ccccc2)c2ccccc2)C(=O)N1.O=C1C=CC(=O)N1. The van der Waals surface area contributed by atoms with Crippen LogP contribution < -0.4 is 10.6 Å². The van der Waals surface area contributed by atoms with Crippen LogP contribution in [-0.2, 0) is 19.2 Å². The number of nitrogens with one attached hydrogen (secondary N) is 2. The van der Waals surface area contributed by atoms with Crippen LogP contribution in [0.5, 0.6) is 0 Å². The maximum atomic E-state index is 12.0. The third-order valence-electron chi connectivity index (χ3n) is 3.99. The second-order valence-electron chi connectivity index (χ2n) is 5.86. The van der Waals surface area contributed by atoms with E-state index in [1.54, 1.807) is 0 Å². The molecule has 0 aromatic heterocycles. The first-order valence-corrected chi connectivity index (χ1v) is 8.24. The number of benzene rings is 2. The van der Waals surface area contributed by atoms with Crippen LogP contribution in [0.4, 0.5) is 0 Å². The topological polar surface area (TPSA) is 92.3 Å². The van der Waals surface area contributed by atoms with Gasteiger partial charge in [0.15, 0.2) is 0 Å². The maximum absolute atomic E-state index is 12.0. The molecule has 0 atom stereocenters. The molecule has 2 heterocycles. The third kappa shape index (κ3) is 4.43. The number of hydrogen-bond donors (Lipinski definition) is 2. The van der Waals surface area contributed by atoms with Gasteiger partial charge in [-0.3, -0.25) is 29.8 Å². The van der Waals surface area contributed by atoms with Crippen molar-refractivity contribution in [3.8, 4) is 0 Å². The van der Waals surface area contributed by atoms with E-state index >= 15 is 0 Å². The van der Waals surface area contributed by atoms with E-state index in [9.17, 15) is 19.2 Å². The zero-order valence-corrected chi connectivity index (χ0v) is 14.2. The lowest BCUT2D eigenvalue weighted by molar-refractivity contribution is -0.125.